The van der Waals surface area contributed by atoms with E-state index in [1.165, 1.54) is 0 Å². The van der Waals surface area contributed by atoms with E-state index in [1.54, 1.807) is 6.20 Å². The van der Waals surface area contributed by atoms with Crippen molar-refractivity contribution < 1.29 is 0 Å². The Balaban J connectivity index is 2.88. The molecular formula is C10H12N2. The molecule has 62 valence electrons. The topological polar surface area (TPSA) is 38.9 Å². The van der Waals surface area contributed by atoms with Crippen LogP contribution in [0, 0.1) is 12.3 Å². The maximum absolute atomic E-state index is 5.67. The summed E-state index contributed by atoms with van der Waals surface area (Å²) < 4.78 is 0. The predicted molar refractivity (Wildman–Crippen MR) is 50.5 cm³/mol. The lowest BCUT2D eigenvalue weighted by atomic mass is 9.99. The van der Waals surface area contributed by atoms with Crippen molar-refractivity contribution in [2.45, 2.75) is 19.3 Å². The van der Waals surface area contributed by atoms with Crippen LogP contribution in [-0.4, -0.2) is 4.98 Å². The first kappa shape index (κ1) is 8.61. The fourth-order valence-corrected chi connectivity index (χ4v) is 1.13. The third-order valence-electron chi connectivity index (χ3n) is 1.83. The lowest BCUT2D eigenvalue weighted by molar-refractivity contribution is 0.794. The van der Waals surface area contributed by atoms with Gasteiger partial charge in [-0.1, -0.05) is 13.0 Å². The number of nitrogen functional groups attached to an aromatic ring is 1. The van der Waals surface area contributed by atoms with Gasteiger partial charge in [0.05, 0.1) is 0 Å². The van der Waals surface area contributed by atoms with Crippen LogP contribution in [0.5, 0.6) is 0 Å². The number of hydrogen-bond acceptors (Lipinski definition) is 2. The Morgan fingerprint density at radius 3 is 3.08 bits per heavy atom. The fourth-order valence-electron chi connectivity index (χ4n) is 1.13. The number of terminal acetylenes is 1. The zero-order valence-corrected chi connectivity index (χ0v) is 7.12. The minimum Gasteiger partial charge on any atom is -0.383 e. The van der Waals surface area contributed by atoms with Crippen LogP contribution in [0.1, 0.15) is 24.8 Å². The molecule has 2 nitrogen and oxygen atoms in total. The number of hydrogen-bond donors (Lipinski definition) is 1. The van der Waals surface area contributed by atoms with Crippen LogP contribution < -0.4 is 5.73 Å². The molecule has 1 aromatic rings. The fraction of sp³-hybridized carbons (Fsp3) is 0.300. The van der Waals surface area contributed by atoms with Gasteiger partial charge in [0.1, 0.15) is 5.82 Å². The molecule has 0 saturated carbocycles. The van der Waals surface area contributed by atoms with Gasteiger partial charge in [-0.25, -0.2) is 4.98 Å². The van der Waals surface area contributed by atoms with Crippen LogP contribution in [0.15, 0.2) is 18.3 Å². The summed E-state index contributed by atoms with van der Waals surface area (Å²) in [6, 6.07) is 3.84. The van der Waals surface area contributed by atoms with E-state index in [1.807, 2.05) is 19.1 Å². The van der Waals surface area contributed by atoms with E-state index in [0.717, 1.165) is 5.56 Å². The summed E-state index contributed by atoms with van der Waals surface area (Å²) in [4.78, 5) is 3.99. The van der Waals surface area contributed by atoms with Gasteiger partial charge >= 0.3 is 0 Å². The summed E-state index contributed by atoms with van der Waals surface area (Å²) in [5.41, 5.74) is 6.71. The molecule has 0 amide bonds. The summed E-state index contributed by atoms with van der Waals surface area (Å²) in [7, 11) is 0. The van der Waals surface area contributed by atoms with Crippen molar-refractivity contribution in [3.63, 3.8) is 0 Å². The smallest absolute Gasteiger partial charge is 0.126 e. The van der Waals surface area contributed by atoms with Crippen molar-refractivity contribution in [2.24, 2.45) is 0 Å². The highest BCUT2D eigenvalue weighted by Gasteiger charge is 2.06. The standard InChI is InChI=1S/C10H12N2/c1-3-5-8(2)9-6-4-7-12-10(9)11/h1,4,6-8H,5H2,2H3,(H2,11,12)/t8-/m0/s1. The molecule has 0 aliphatic rings. The Bertz CT molecular complexity index is 299. The van der Waals surface area contributed by atoms with Gasteiger partial charge in [-0.3, -0.25) is 0 Å². The Kier molecular flexibility index (Phi) is 2.71. The molecule has 1 atom stereocenters. The van der Waals surface area contributed by atoms with Crippen LogP contribution in [0.2, 0.25) is 0 Å². The average molecular weight is 160 g/mol. The van der Waals surface area contributed by atoms with Gasteiger partial charge in [-0.2, -0.15) is 0 Å². The molecule has 1 heterocycles. The van der Waals surface area contributed by atoms with Gasteiger partial charge in [0.15, 0.2) is 0 Å². The van der Waals surface area contributed by atoms with Gasteiger partial charge in [0, 0.05) is 12.6 Å². The Morgan fingerprint density at radius 1 is 1.75 bits per heavy atom. The Morgan fingerprint density at radius 2 is 2.50 bits per heavy atom. The molecule has 2 heteroatoms. The van der Waals surface area contributed by atoms with Crippen LogP contribution in [-0.2, 0) is 0 Å². The largest absolute Gasteiger partial charge is 0.383 e. The van der Waals surface area contributed by atoms with E-state index in [4.69, 9.17) is 12.2 Å². The molecule has 0 saturated heterocycles. The number of nitrogens with zero attached hydrogens (tertiary/aromatic N) is 1. The molecule has 0 bridgehead atoms. The second kappa shape index (κ2) is 3.77. The van der Waals surface area contributed by atoms with Crippen LogP contribution in [0.3, 0.4) is 0 Å². The highest BCUT2D eigenvalue weighted by Crippen LogP contribution is 2.21. The second-order valence-electron chi connectivity index (χ2n) is 2.79. The van der Waals surface area contributed by atoms with Crippen molar-refractivity contribution in [2.75, 3.05) is 5.73 Å². The number of pyridine rings is 1. The van der Waals surface area contributed by atoms with Crippen molar-refractivity contribution in [1.82, 2.24) is 4.98 Å². The van der Waals surface area contributed by atoms with E-state index < -0.39 is 0 Å². The van der Waals surface area contributed by atoms with Crippen molar-refractivity contribution >= 4 is 5.82 Å². The number of aromatic nitrogens is 1. The normalized spacial score (nSPS) is 12.0. The number of anilines is 1. The van der Waals surface area contributed by atoms with Gasteiger partial charge in [-0.05, 0) is 17.5 Å². The minimum absolute atomic E-state index is 0.295. The lowest BCUT2D eigenvalue weighted by Crippen LogP contribution is -2.00. The van der Waals surface area contributed by atoms with Gasteiger partial charge in [0.25, 0.3) is 0 Å². The van der Waals surface area contributed by atoms with E-state index >= 15 is 0 Å². The maximum atomic E-state index is 5.67. The molecule has 0 aliphatic carbocycles. The molecule has 0 radical (unpaired) electrons. The molecule has 12 heavy (non-hydrogen) atoms. The second-order valence-corrected chi connectivity index (χ2v) is 2.79. The molecular weight excluding hydrogens is 148 g/mol. The summed E-state index contributed by atoms with van der Waals surface area (Å²) in [5, 5.41) is 0. The van der Waals surface area contributed by atoms with Crippen molar-refractivity contribution in [3.8, 4) is 12.3 Å². The van der Waals surface area contributed by atoms with Gasteiger partial charge < -0.3 is 5.73 Å². The Hall–Kier alpha value is -1.49. The minimum atomic E-state index is 0.295. The predicted octanol–water partition coefficient (Wildman–Crippen LogP) is 1.79. The molecule has 0 aliphatic heterocycles. The third-order valence-corrected chi connectivity index (χ3v) is 1.83. The molecule has 2 N–H and O–H groups in total. The monoisotopic (exact) mass is 160 g/mol. The van der Waals surface area contributed by atoms with Crippen molar-refractivity contribution in [3.05, 3.63) is 23.9 Å². The van der Waals surface area contributed by atoms with Crippen molar-refractivity contribution in [1.29, 1.82) is 0 Å². The first-order valence-corrected chi connectivity index (χ1v) is 3.89. The summed E-state index contributed by atoms with van der Waals surface area (Å²) in [6.45, 7) is 2.05. The number of rotatable bonds is 2. The first-order valence-electron chi connectivity index (χ1n) is 3.89. The van der Waals surface area contributed by atoms with E-state index in [-0.39, 0.29) is 0 Å². The van der Waals surface area contributed by atoms with Crippen LogP contribution >= 0.6 is 0 Å². The summed E-state index contributed by atoms with van der Waals surface area (Å²) in [6.07, 6.45) is 7.59. The maximum Gasteiger partial charge on any atom is 0.126 e. The van der Waals surface area contributed by atoms with Crippen LogP contribution in [0.4, 0.5) is 5.82 Å². The highest BCUT2D eigenvalue weighted by atomic mass is 14.8. The molecule has 0 spiro atoms. The molecule has 1 aromatic heterocycles. The lowest BCUT2D eigenvalue weighted by Gasteiger charge is -2.09. The van der Waals surface area contributed by atoms with E-state index in [9.17, 15) is 0 Å². The van der Waals surface area contributed by atoms with Gasteiger partial charge in [0.2, 0.25) is 0 Å². The van der Waals surface area contributed by atoms with Crippen LogP contribution in [0.25, 0.3) is 0 Å². The zero-order valence-electron chi connectivity index (χ0n) is 7.12. The first-order chi connectivity index (χ1) is 5.75. The van der Waals surface area contributed by atoms with Gasteiger partial charge in [-0.15, -0.1) is 12.3 Å². The summed E-state index contributed by atoms with van der Waals surface area (Å²) in [5.74, 6) is 3.49. The Labute approximate surface area is 72.8 Å². The molecule has 0 aromatic carbocycles. The SMILES string of the molecule is C#CC[C@H](C)c1cccnc1N. The van der Waals surface area contributed by atoms with E-state index in [2.05, 4.69) is 10.9 Å². The quantitative estimate of drug-likeness (QED) is 0.670. The molecule has 1 rings (SSSR count). The highest BCUT2D eigenvalue weighted by molar-refractivity contribution is 5.41. The summed E-state index contributed by atoms with van der Waals surface area (Å²) >= 11 is 0. The average Bonchev–Trinajstić information content (AvgIpc) is 2.05. The molecule has 0 fully saturated rings. The number of nitrogens with two attached hydrogens (primary N) is 1. The third kappa shape index (κ3) is 1.76. The van der Waals surface area contributed by atoms with E-state index in [0.29, 0.717) is 18.2 Å². The zero-order chi connectivity index (χ0) is 8.97. The molecule has 0 unspecified atom stereocenters.